The molecule has 4 nitrogen and oxygen atoms in total. The normalized spacial score (nSPS) is 9.81. The highest BCUT2D eigenvalue weighted by Crippen LogP contribution is 2.14. The maximum atomic E-state index is 11.9. The second kappa shape index (κ2) is 7.06. The molecule has 0 aromatic heterocycles. The largest absolute Gasteiger partial charge is 0.331 e. The molecule has 3 N–H and O–H groups in total. The van der Waals surface area contributed by atoms with Gasteiger partial charge in [-0.3, -0.25) is 15.6 Å². The average Bonchev–Trinajstić information content (AvgIpc) is 2.45. The van der Waals surface area contributed by atoms with Gasteiger partial charge in [0.1, 0.15) is 0 Å². The summed E-state index contributed by atoms with van der Waals surface area (Å²) < 4.78 is 0. The Balaban J connectivity index is 1.90. The topological polar surface area (TPSA) is 53.2 Å². The van der Waals surface area contributed by atoms with Crippen LogP contribution in [0.5, 0.6) is 0 Å². The first-order chi connectivity index (χ1) is 10.1. The molecule has 108 valence electrons. The number of carbonyl (C=O) groups is 1. The van der Waals surface area contributed by atoms with Crippen molar-refractivity contribution >= 4 is 40.5 Å². The Morgan fingerprint density at radius 1 is 1.10 bits per heavy atom. The van der Waals surface area contributed by atoms with Crippen molar-refractivity contribution in [1.29, 1.82) is 0 Å². The van der Waals surface area contributed by atoms with Crippen LogP contribution in [0.3, 0.4) is 0 Å². The van der Waals surface area contributed by atoms with E-state index < -0.39 is 0 Å². The number of hydrazine groups is 1. The molecule has 0 saturated carbocycles. The molecular weight excluding hydrogens is 306 g/mol. The number of rotatable bonds is 2. The highest BCUT2D eigenvalue weighted by molar-refractivity contribution is 7.80. The van der Waals surface area contributed by atoms with E-state index in [1.807, 2.05) is 31.2 Å². The van der Waals surface area contributed by atoms with E-state index in [1.54, 1.807) is 24.3 Å². The molecule has 2 rings (SSSR count). The molecular formula is C15H14ClN3OS. The average molecular weight is 320 g/mol. The number of benzene rings is 2. The first-order valence-corrected chi connectivity index (χ1v) is 7.03. The molecule has 0 fully saturated rings. The Kier molecular flexibility index (Phi) is 5.14. The Hall–Kier alpha value is -2.11. The van der Waals surface area contributed by atoms with Gasteiger partial charge in [-0.05, 0) is 49.0 Å². The number of carbonyl (C=O) groups excluding carboxylic acids is 1. The van der Waals surface area contributed by atoms with Crippen LogP contribution in [0, 0.1) is 6.92 Å². The third-order valence-corrected chi connectivity index (χ3v) is 3.22. The van der Waals surface area contributed by atoms with Crippen LogP contribution in [-0.2, 0) is 0 Å². The third kappa shape index (κ3) is 4.44. The van der Waals surface area contributed by atoms with Gasteiger partial charge >= 0.3 is 0 Å². The van der Waals surface area contributed by atoms with Gasteiger partial charge in [-0.15, -0.1) is 0 Å². The quantitative estimate of drug-likeness (QED) is 0.587. The van der Waals surface area contributed by atoms with Crippen LogP contribution in [0.25, 0.3) is 0 Å². The predicted molar refractivity (Wildman–Crippen MR) is 89.5 cm³/mol. The van der Waals surface area contributed by atoms with Gasteiger partial charge in [0.2, 0.25) is 0 Å². The summed E-state index contributed by atoms with van der Waals surface area (Å²) in [5, 5.41) is 3.65. The van der Waals surface area contributed by atoms with Crippen molar-refractivity contribution in [2.45, 2.75) is 6.92 Å². The lowest BCUT2D eigenvalue weighted by Crippen LogP contribution is -2.43. The molecule has 0 aliphatic heterocycles. The molecule has 2 aromatic rings. The van der Waals surface area contributed by atoms with E-state index in [2.05, 4.69) is 16.2 Å². The van der Waals surface area contributed by atoms with Crippen LogP contribution in [0.15, 0.2) is 48.5 Å². The molecule has 1 amide bonds. The second-order valence-electron chi connectivity index (χ2n) is 4.38. The zero-order chi connectivity index (χ0) is 15.2. The van der Waals surface area contributed by atoms with Gasteiger partial charge in [0.25, 0.3) is 5.91 Å². The number of hydrogen-bond donors (Lipinski definition) is 3. The molecule has 0 heterocycles. The van der Waals surface area contributed by atoms with Crippen LogP contribution in [0.2, 0.25) is 5.02 Å². The van der Waals surface area contributed by atoms with Gasteiger partial charge in [-0.1, -0.05) is 35.9 Å². The fourth-order valence-corrected chi connectivity index (χ4v) is 2.10. The number of hydrogen-bond acceptors (Lipinski definition) is 2. The Labute approximate surface area is 133 Å². The van der Waals surface area contributed by atoms with Crippen molar-refractivity contribution in [3.05, 3.63) is 64.7 Å². The minimum atomic E-state index is -0.353. The maximum Gasteiger partial charge on any atom is 0.271 e. The maximum absolute atomic E-state index is 11.9. The van der Waals surface area contributed by atoms with Gasteiger partial charge in [0.15, 0.2) is 5.11 Å². The molecule has 0 spiro atoms. The summed E-state index contributed by atoms with van der Waals surface area (Å²) in [6.45, 7) is 1.99. The minimum absolute atomic E-state index is 0.293. The van der Waals surface area contributed by atoms with E-state index in [9.17, 15) is 4.79 Å². The zero-order valence-corrected chi connectivity index (χ0v) is 12.9. The summed E-state index contributed by atoms with van der Waals surface area (Å²) in [5.41, 5.74) is 7.48. The van der Waals surface area contributed by atoms with Crippen molar-refractivity contribution in [3.63, 3.8) is 0 Å². The first kappa shape index (κ1) is 15.3. The fourth-order valence-electron chi connectivity index (χ4n) is 1.71. The first-order valence-electron chi connectivity index (χ1n) is 6.25. The highest BCUT2D eigenvalue weighted by Gasteiger charge is 2.09. The second-order valence-corrected chi connectivity index (χ2v) is 5.20. The molecule has 0 radical (unpaired) electrons. The summed E-state index contributed by atoms with van der Waals surface area (Å²) in [6, 6.07) is 14.5. The lowest BCUT2D eigenvalue weighted by molar-refractivity contribution is 0.0944. The van der Waals surface area contributed by atoms with E-state index >= 15 is 0 Å². The van der Waals surface area contributed by atoms with Gasteiger partial charge < -0.3 is 5.32 Å². The molecule has 0 atom stereocenters. The summed E-state index contributed by atoms with van der Waals surface area (Å²) in [5.74, 6) is -0.353. The molecule has 0 unspecified atom stereocenters. The molecule has 2 aromatic carbocycles. The number of thiocarbonyl (C=S) groups is 1. The van der Waals surface area contributed by atoms with E-state index in [1.165, 1.54) is 0 Å². The zero-order valence-electron chi connectivity index (χ0n) is 11.3. The molecule has 0 aliphatic rings. The summed E-state index contributed by atoms with van der Waals surface area (Å²) >= 11 is 11.1. The number of halogens is 1. The number of aryl methyl sites for hydroxylation is 1. The predicted octanol–water partition coefficient (Wildman–Crippen LogP) is 3.28. The van der Waals surface area contributed by atoms with Crippen molar-refractivity contribution < 1.29 is 4.79 Å². The number of amides is 1. The van der Waals surface area contributed by atoms with Crippen molar-refractivity contribution in [2.75, 3.05) is 5.32 Å². The number of anilines is 1. The summed E-state index contributed by atoms with van der Waals surface area (Å²) in [7, 11) is 0. The van der Waals surface area contributed by atoms with E-state index in [4.69, 9.17) is 23.8 Å². The highest BCUT2D eigenvalue weighted by atomic mass is 35.5. The monoisotopic (exact) mass is 319 g/mol. The Morgan fingerprint density at radius 3 is 2.57 bits per heavy atom. The molecule has 0 saturated heterocycles. The van der Waals surface area contributed by atoms with Gasteiger partial charge in [-0.25, -0.2) is 0 Å². The fraction of sp³-hybridized carbons (Fsp3) is 0.0667. The molecule has 0 bridgehead atoms. The molecule has 0 aliphatic carbocycles. The van der Waals surface area contributed by atoms with Crippen LogP contribution in [0.1, 0.15) is 15.9 Å². The van der Waals surface area contributed by atoms with Gasteiger partial charge in [-0.2, -0.15) is 0 Å². The van der Waals surface area contributed by atoms with Crippen LogP contribution >= 0.6 is 23.8 Å². The minimum Gasteiger partial charge on any atom is -0.331 e. The molecule has 6 heteroatoms. The SMILES string of the molecule is Cc1cccc(NC(=S)NNC(=O)c2ccccc2Cl)c1. The van der Waals surface area contributed by atoms with E-state index in [-0.39, 0.29) is 5.91 Å². The van der Waals surface area contributed by atoms with Gasteiger partial charge in [0.05, 0.1) is 10.6 Å². The van der Waals surface area contributed by atoms with Crippen LogP contribution in [0.4, 0.5) is 5.69 Å². The Morgan fingerprint density at radius 2 is 1.86 bits per heavy atom. The lowest BCUT2D eigenvalue weighted by Gasteiger charge is -2.12. The van der Waals surface area contributed by atoms with E-state index in [0.29, 0.717) is 15.7 Å². The van der Waals surface area contributed by atoms with Crippen molar-refractivity contribution in [1.82, 2.24) is 10.9 Å². The Bertz CT molecular complexity index is 675. The number of nitrogens with one attached hydrogen (secondary N) is 3. The lowest BCUT2D eigenvalue weighted by atomic mass is 10.2. The standard InChI is InChI=1S/C15H14ClN3OS/c1-10-5-4-6-11(9-10)17-15(21)19-18-14(20)12-7-2-3-8-13(12)16/h2-9H,1H3,(H,18,20)(H2,17,19,21). The van der Waals surface area contributed by atoms with Crippen molar-refractivity contribution in [2.24, 2.45) is 0 Å². The van der Waals surface area contributed by atoms with Gasteiger partial charge in [0, 0.05) is 5.69 Å². The third-order valence-electron chi connectivity index (χ3n) is 2.68. The van der Waals surface area contributed by atoms with Crippen LogP contribution in [-0.4, -0.2) is 11.0 Å². The summed E-state index contributed by atoms with van der Waals surface area (Å²) in [4.78, 5) is 11.9. The van der Waals surface area contributed by atoms with Crippen molar-refractivity contribution in [3.8, 4) is 0 Å². The molecule has 21 heavy (non-hydrogen) atoms. The smallest absolute Gasteiger partial charge is 0.271 e. The summed E-state index contributed by atoms with van der Waals surface area (Å²) in [6.07, 6.45) is 0. The van der Waals surface area contributed by atoms with E-state index in [0.717, 1.165) is 11.3 Å². The van der Waals surface area contributed by atoms with Crippen LogP contribution < -0.4 is 16.2 Å².